The van der Waals surface area contributed by atoms with E-state index >= 15 is 0 Å². The van der Waals surface area contributed by atoms with Crippen LogP contribution in [0.15, 0.2) is 87.2 Å². The molecule has 1 saturated heterocycles. The highest BCUT2D eigenvalue weighted by Gasteiger charge is 2.17. The molecule has 1 unspecified atom stereocenters. The van der Waals surface area contributed by atoms with Crippen LogP contribution in [0.5, 0.6) is 0 Å². The molecule has 50 heavy (non-hydrogen) atoms. The second-order valence-electron chi connectivity index (χ2n) is 12.0. The highest BCUT2D eigenvalue weighted by molar-refractivity contribution is 7.99. The summed E-state index contributed by atoms with van der Waals surface area (Å²) in [6, 6.07) is 18.5. The molecule has 4 heterocycles. The third-order valence-electron chi connectivity index (χ3n) is 8.30. The maximum atomic E-state index is 14.8. The van der Waals surface area contributed by atoms with Crippen molar-refractivity contribution in [2.45, 2.75) is 24.5 Å². The Morgan fingerprint density at radius 1 is 1.08 bits per heavy atom. The number of ether oxygens (including phenoxy) is 1. The van der Waals surface area contributed by atoms with Crippen molar-refractivity contribution in [1.82, 2.24) is 25.0 Å². The fourth-order valence-corrected chi connectivity index (χ4v) is 6.38. The summed E-state index contributed by atoms with van der Waals surface area (Å²) in [6.45, 7) is 6.68. The number of pyridine rings is 1. The number of anilines is 3. The Morgan fingerprint density at radius 2 is 1.90 bits per heavy atom. The number of nitrogens with one attached hydrogen (secondary N) is 2. The lowest BCUT2D eigenvalue weighted by atomic mass is 10.1. The minimum Gasteiger partial charge on any atom is -0.425 e. The van der Waals surface area contributed by atoms with Gasteiger partial charge >= 0.3 is 5.63 Å². The standard InChI is InChI=1S/C36H37ClFN7O4S/c1-23(32-19-24-5-3-4-6-27(24)36(47)49-32)48-17-18-50-35-31(22-30(42-43-35)28-20-25(37)7-8-29(28)38)40-26-9-11-39-33(21-26)41-34(46)10-12-45-15-13-44(2)14-16-45/h3-9,11,19-23H,10,12-18H2,1-2H3,(H2,39,40,41,42,46). The molecule has 1 aliphatic rings. The van der Waals surface area contributed by atoms with Gasteiger partial charge in [-0.3, -0.25) is 4.79 Å². The highest BCUT2D eigenvalue weighted by Crippen LogP contribution is 2.33. The topological polar surface area (TPSA) is 126 Å². The van der Waals surface area contributed by atoms with Crippen LogP contribution in [0.1, 0.15) is 25.2 Å². The van der Waals surface area contributed by atoms with Crippen molar-refractivity contribution in [1.29, 1.82) is 0 Å². The van der Waals surface area contributed by atoms with Gasteiger partial charge in [0.05, 0.1) is 23.4 Å². The maximum absolute atomic E-state index is 14.8. The first kappa shape index (κ1) is 35.4. The van der Waals surface area contributed by atoms with Gasteiger partial charge in [0.25, 0.3) is 0 Å². The number of carbonyl (C=O) groups excluding carboxylic acids is 1. The number of halogens is 2. The summed E-state index contributed by atoms with van der Waals surface area (Å²) in [5.41, 5.74) is 1.29. The Kier molecular flexibility index (Phi) is 11.7. The van der Waals surface area contributed by atoms with Gasteiger partial charge in [0.15, 0.2) is 0 Å². The summed E-state index contributed by atoms with van der Waals surface area (Å²) in [4.78, 5) is 34.1. The zero-order chi connectivity index (χ0) is 35.0. The fraction of sp³-hybridized carbons (Fsp3) is 0.306. The van der Waals surface area contributed by atoms with Crippen LogP contribution in [0.4, 0.5) is 21.6 Å². The summed E-state index contributed by atoms with van der Waals surface area (Å²) in [6.07, 6.45) is 1.50. The summed E-state index contributed by atoms with van der Waals surface area (Å²) in [7, 11) is 2.10. The third kappa shape index (κ3) is 9.23. The molecule has 1 fully saturated rings. The Morgan fingerprint density at radius 3 is 2.74 bits per heavy atom. The molecule has 1 aliphatic heterocycles. The average molecular weight is 718 g/mol. The van der Waals surface area contributed by atoms with E-state index in [9.17, 15) is 14.0 Å². The molecule has 0 saturated carbocycles. The Labute approximate surface area is 298 Å². The fourth-order valence-electron chi connectivity index (χ4n) is 5.47. The van der Waals surface area contributed by atoms with Crippen molar-refractivity contribution in [2.75, 3.05) is 62.8 Å². The number of fused-ring (bicyclic) bond motifs is 1. The number of benzene rings is 2. The van der Waals surface area contributed by atoms with Crippen molar-refractivity contribution in [3.63, 3.8) is 0 Å². The average Bonchev–Trinajstić information content (AvgIpc) is 3.11. The lowest BCUT2D eigenvalue weighted by molar-refractivity contribution is -0.116. The lowest BCUT2D eigenvalue weighted by Gasteiger charge is -2.32. The maximum Gasteiger partial charge on any atom is 0.343 e. The molecular weight excluding hydrogens is 681 g/mol. The lowest BCUT2D eigenvalue weighted by Crippen LogP contribution is -2.45. The smallest absolute Gasteiger partial charge is 0.343 e. The predicted molar refractivity (Wildman–Crippen MR) is 195 cm³/mol. The molecule has 1 atom stereocenters. The van der Waals surface area contributed by atoms with Gasteiger partial charge in [-0.05, 0) is 61.8 Å². The van der Waals surface area contributed by atoms with Gasteiger partial charge in [-0.1, -0.05) is 29.8 Å². The van der Waals surface area contributed by atoms with E-state index in [1.807, 2.05) is 25.1 Å². The van der Waals surface area contributed by atoms with E-state index in [-0.39, 0.29) is 11.5 Å². The molecule has 2 N–H and O–H groups in total. The zero-order valence-electron chi connectivity index (χ0n) is 27.7. The molecule has 11 nitrogen and oxygen atoms in total. The summed E-state index contributed by atoms with van der Waals surface area (Å²) in [5, 5.41) is 17.2. The van der Waals surface area contributed by atoms with E-state index in [1.54, 1.807) is 36.5 Å². The van der Waals surface area contributed by atoms with E-state index in [4.69, 9.17) is 20.8 Å². The van der Waals surface area contributed by atoms with Crippen LogP contribution in [-0.4, -0.2) is 83.0 Å². The van der Waals surface area contributed by atoms with Crippen molar-refractivity contribution in [3.05, 3.63) is 99.9 Å². The van der Waals surface area contributed by atoms with Gasteiger partial charge in [-0.25, -0.2) is 14.2 Å². The number of aromatic nitrogens is 3. The number of hydrogen-bond donors (Lipinski definition) is 2. The van der Waals surface area contributed by atoms with E-state index in [0.717, 1.165) is 31.6 Å². The van der Waals surface area contributed by atoms with E-state index in [2.05, 4.69) is 42.7 Å². The number of piperazine rings is 1. The van der Waals surface area contributed by atoms with Crippen molar-refractivity contribution in [2.24, 2.45) is 0 Å². The molecule has 6 rings (SSSR count). The van der Waals surface area contributed by atoms with Crippen LogP contribution in [-0.2, 0) is 9.53 Å². The number of hydrogen-bond acceptors (Lipinski definition) is 11. The Hall–Kier alpha value is -4.40. The Bertz CT molecular complexity index is 2030. The van der Waals surface area contributed by atoms with E-state index < -0.39 is 17.5 Å². The first-order valence-electron chi connectivity index (χ1n) is 16.3. The SMILES string of the molecule is CC(OCCSc1nnc(-c2cc(Cl)ccc2F)cc1Nc1ccnc(NC(=O)CCN2CCN(C)CC2)c1)c1cc2ccccc2c(=O)o1. The monoisotopic (exact) mass is 717 g/mol. The number of rotatable bonds is 13. The van der Waals surface area contributed by atoms with Crippen molar-refractivity contribution < 1.29 is 18.3 Å². The number of likely N-dealkylation sites (N-methyl/N-ethyl adjacent to an activating group) is 1. The number of thioether (sulfide) groups is 1. The van der Waals surface area contributed by atoms with E-state index in [0.29, 0.717) is 69.4 Å². The van der Waals surface area contributed by atoms with Crippen LogP contribution in [0.3, 0.4) is 0 Å². The molecule has 260 valence electrons. The zero-order valence-corrected chi connectivity index (χ0v) is 29.3. The summed E-state index contributed by atoms with van der Waals surface area (Å²) < 4.78 is 26.3. The highest BCUT2D eigenvalue weighted by atomic mass is 35.5. The van der Waals surface area contributed by atoms with Gasteiger partial charge < -0.3 is 29.6 Å². The second kappa shape index (κ2) is 16.5. The molecule has 1 amide bonds. The molecule has 0 radical (unpaired) electrons. The quantitative estimate of drug-likeness (QED) is 0.101. The van der Waals surface area contributed by atoms with Crippen LogP contribution >= 0.6 is 23.4 Å². The molecule has 0 spiro atoms. The van der Waals surface area contributed by atoms with Gasteiger partial charge in [0.2, 0.25) is 5.91 Å². The minimum absolute atomic E-state index is 0.119. The molecule has 0 bridgehead atoms. The number of amides is 1. The number of carbonyl (C=O) groups is 1. The van der Waals surface area contributed by atoms with Crippen LogP contribution in [0, 0.1) is 5.82 Å². The molecule has 3 aromatic heterocycles. The largest absolute Gasteiger partial charge is 0.425 e. The molecule has 2 aromatic carbocycles. The van der Waals surface area contributed by atoms with Crippen LogP contribution < -0.4 is 16.3 Å². The summed E-state index contributed by atoms with van der Waals surface area (Å²) >= 11 is 7.56. The number of nitrogens with zero attached hydrogens (tertiary/aromatic N) is 5. The Balaban J connectivity index is 1.13. The molecule has 0 aliphatic carbocycles. The molecule has 14 heteroatoms. The summed E-state index contributed by atoms with van der Waals surface area (Å²) in [5.74, 6) is 0.725. The normalized spacial score (nSPS) is 14.5. The second-order valence-corrected chi connectivity index (χ2v) is 13.5. The molecule has 5 aromatic rings. The van der Waals surface area contributed by atoms with E-state index in [1.165, 1.54) is 30.0 Å². The van der Waals surface area contributed by atoms with Gasteiger partial charge in [-0.15, -0.1) is 22.0 Å². The van der Waals surface area contributed by atoms with Crippen molar-refractivity contribution >= 4 is 57.2 Å². The van der Waals surface area contributed by atoms with Crippen LogP contribution in [0.2, 0.25) is 5.02 Å². The first-order valence-corrected chi connectivity index (χ1v) is 17.6. The van der Waals surface area contributed by atoms with Crippen molar-refractivity contribution in [3.8, 4) is 11.3 Å². The van der Waals surface area contributed by atoms with Crippen LogP contribution in [0.25, 0.3) is 22.0 Å². The van der Waals surface area contributed by atoms with Gasteiger partial charge in [-0.2, -0.15) is 0 Å². The molecular formula is C36H37ClFN7O4S. The third-order valence-corrected chi connectivity index (χ3v) is 9.48. The predicted octanol–water partition coefficient (Wildman–Crippen LogP) is 6.63. The van der Waals surface area contributed by atoms with Gasteiger partial charge in [0.1, 0.15) is 28.5 Å². The van der Waals surface area contributed by atoms with Gasteiger partial charge in [0, 0.05) is 73.4 Å². The minimum atomic E-state index is -0.483. The first-order chi connectivity index (χ1) is 24.2.